The topological polar surface area (TPSA) is 0 Å². The Morgan fingerprint density at radius 1 is 0.842 bits per heavy atom. The monoisotopic (exact) mass is 250 g/mol. The highest BCUT2D eigenvalue weighted by Gasteiger charge is 2.00. The van der Waals surface area contributed by atoms with E-state index in [1.54, 1.807) is 0 Å². The molecule has 0 atom stereocenters. The van der Waals surface area contributed by atoms with Crippen molar-refractivity contribution in [2.75, 3.05) is 0 Å². The largest absolute Gasteiger partial charge is 0.0985 e. The summed E-state index contributed by atoms with van der Waals surface area (Å²) in [7, 11) is 0. The van der Waals surface area contributed by atoms with E-state index >= 15 is 0 Å². The maximum Gasteiger partial charge on any atom is -0.0238 e. The van der Waals surface area contributed by atoms with Gasteiger partial charge in [0.2, 0.25) is 0 Å². The molecule has 0 aliphatic heterocycles. The van der Waals surface area contributed by atoms with Crippen LogP contribution in [-0.4, -0.2) is 0 Å². The average Bonchev–Trinajstić information content (AvgIpc) is 2.39. The van der Waals surface area contributed by atoms with Gasteiger partial charge < -0.3 is 0 Å². The quantitative estimate of drug-likeness (QED) is 0.713. The van der Waals surface area contributed by atoms with E-state index in [0.717, 1.165) is 12.8 Å². The molecule has 98 valence electrons. The summed E-state index contributed by atoms with van der Waals surface area (Å²) in [5, 5.41) is 0. The Kier molecular flexibility index (Phi) is 4.21. The molecule has 0 N–H and O–H groups in total. The van der Waals surface area contributed by atoms with Crippen molar-refractivity contribution in [1.29, 1.82) is 0 Å². The highest BCUT2D eigenvalue weighted by Crippen LogP contribution is 2.15. The first-order valence-corrected chi connectivity index (χ1v) is 6.87. The minimum absolute atomic E-state index is 1.09. The van der Waals surface area contributed by atoms with Crippen LogP contribution in [0.15, 0.2) is 43.0 Å². The summed E-state index contributed by atoms with van der Waals surface area (Å²) in [6, 6.07) is 13.4. The van der Waals surface area contributed by atoms with E-state index in [0.29, 0.717) is 0 Å². The summed E-state index contributed by atoms with van der Waals surface area (Å²) >= 11 is 0. The van der Waals surface area contributed by atoms with Crippen LogP contribution in [0, 0.1) is 20.8 Å². The third-order valence-corrected chi connectivity index (χ3v) is 3.67. The number of rotatable bonds is 4. The Labute approximate surface area is 116 Å². The van der Waals surface area contributed by atoms with E-state index in [1.165, 1.54) is 33.4 Å². The summed E-state index contributed by atoms with van der Waals surface area (Å²) < 4.78 is 0. The fourth-order valence-corrected chi connectivity index (χ4v) is 2.40. The van der Waals surface area contributed by atoms with Gasteiger partial charge in [-0.05, 0) is 61.4 Å². The molecule has 0 aliphatic rings. The highest BCUT2D eigenvalue weighted by molar-refractivity contribution is 5.50. The second-order valence-electron chi connectivity index (χ2n) is 5.37. The maximum absolute atomic E-state index is 3.85. The van der Waals surface area contributed by atoms with Crippen molar-refractivity contribution in [3.05, 3.63) is 76.4 Å². The molecule has 2 aromatic rings. The van der Waals surface area contributed by atoms with Crippen LogP contribution in [0.4, 0.5) is 0 Å². The Morgan fingerprint density at radius 2 is 1.58 bits per heavy atom. The van der Waals surface area contributed by atoms with Gasteiger partial charge in [0.05, 0.1) is 0 Å². The van der Waals surface area contributed by atoms with Crippen LogP contribution < -0.4 is 0 Å². The van der Waals surface area contributed by atoms with E-state index < -0.39 is 0 Å². The lowest BCUT2D eigenvalue weighted by Crippen LogP contribution is -1.94. The molecule has 2 rings (SSSR count). The molecule has 19 heavy (non-hydrogen) atoms. The van der Waals surface area contributed by atoms with Crippen LogP contribution in [0.3, 0.4) is 0 Å². The van der Waals surface area contributed by atoms with Crippen molar-refractivity contribution < 1.29 is 0 Å². The Balaban J connectivity index is 2.11. The summed E-state index contributed by atoms with van der Waals surface area (Å²) in [5.74, 6) is 0. The van der Waals surface area contributed by atoms with Crippen molar-refractivity contribution in [1.82, 2.24) is 0 Å². The predicted molar refractivity (Wildman–Crippen MR) is 84.6 cm³/mol. The number of hydrogen-bond acceptors (Lipinski definition) is 0. The van der Waals surface area contributed by atoms with Crippen LogP contribution >= 0.6 is 0 Å². The Morgan fingerprint density at radius 3 is 2.26 bits per heavy atom. The summed E-state index contributed by atoms with van der Waals surface area (Å²) in [5.41, 5.74) is 8.10. The predicted octanol–water partition coefficient (Wildman–Crippen LogP) is 5.04. The van der Waals surface area contributed by atoms with Crippen LogP contribution in [0.5, 0.6) is 0 Å². The summed E-state index contributed by atoms with van der Waals surface area (Å²) in [6.45, 7) is 10.3. The van der Waals surface area contributed by atoms with Crippen LogP contribution in [0.25, 0.3) is 6.08 Å². The first-order valence-electron chi connectivity index (χ1n) is 6.87. The third-order valence-electron chi connectivity index (χ3n) is 3.67. The Hall–Kier alpha value is -1.82. The molecule has 0 radical (unpaired) electrons. The van der Waals surface area contributed by atoms with Gasteiger partial charge in [0, 0.05) is 0 Å². The first-order chi connectivity index (χ1) is 9.08. The van der Waals surface area contributed by atoms with Crippen LogP contribution in [-0.2, 0) is 12.8 Å². The van der Waals surface area contributed by atoms with Gasteiger partial charge in [-0.3, -0.25) is 0 Å². The molecule has 0 bridgehead atoms. The zero-order valence-electron chi connectivity index (χ0n) is 12.2. The van der Waals surface area contributed by atoms with Crippen molar-refractivity contribution in [3.63, 3.8) is 0 Å². The third kappa shape index (κ3) is 3.57. The second-order valence-corrected chi connectivity index (χ2v) is 5.37. The second kappa shape index (κ2) is 5.88. The fourth-order valence-electron chi connectivity index (χ4n) is 2.40. The molecule has 2 aromatic carbocycles. The molecule has 0 fully saturated rings. The molecule has 0 spiro atoms. The van der Waals surface area contributed by atoms with E-state index in [1.807, 2.05) is 6.08 Å². The van der Waals surface area contributed by atoms with Gasteiger partial charge in [-0.25, -0.2) is 0 Å². The molecule has 0 saturated heterocycles. The molecular formula is C19H22. The van der Waals surface area contributed by atoms with Gasteiger partial charge in [0.25, 0.3) is 0 Å². The fraction of sp³-hybridized carbons (Fsp3) is 0.263. The molecule has 0 unspecified atom stereocenters. The molecule has 0 heteroatoms. The van der Waals surface area contributed by atoms with Gasteiger partial charge in [-0.1, -0.05) is 54.6 Å². The van der Waals surface area contributed by atoms with E-state index in [2.05, 4.69) is 63.7 Å². The lowest BCUT2D eigenvalue weighted by atomic mass is 9.98. The Bertz CT molecular complexity index is 591. The first kappa shape index (κ1) is 13.6. The smallest absolute Gasteiger partial charge is 0.0238 e. The lowest BCUT2D eigenvalue weighted by molar-refractivity contribution is 0.954. The van der Waals surface area contributed by atoms with Crippen LogP contribution in [0.1, 0.15) is 33.4 Å². The van der Waals surface area contributed by atoms with E-state index in [4.69, 9.17) is 0 Å². The lowest BCUT2D eigenvalue weighted by Gasteiger charge is -2.07. The van der Waals surface area contributed by atoms with Crippen molar-refractivity contribution in [2.45, 2.75) is 33.6 Å². The van der Waals surface area contributed by atoms with Gasteiger partial charge in [-0.15, -0.1) is 0 Å². The van der Waals surface area contributed by atoms with Gasteiger partial charge in [0.15, 0.2) is 0 Å². The zero-order valence-corrected chi connectivity index (χ0v) is 12.2. The summed E-state index contributed by atoms with van der Waals surface area (Å²) in [4.78, 5) is 0. The molecule has 0 saturated carbocycles. The number of benzene rings is 2. The molecule has 0 nitrogen and oxygen atoms in total. The molecule has 0 aliphatic carbocycles. The highest BCUT2D eigenvalue weighted by atomic mass is 14.1. The molecular weight excluding hydrogens is 228 g/mol. The minimum atomic E-state index is 1.09. The standard InChI is InChI=1S/C19H22/c1-5-17-10-14(2)11-19(13-17)9-8-18-7-6-15(3)16(4)12-18/h5-7,10-13H,1,8-9H2,2-4H3. The molecule has 0 heterocycles. The zero-order chi connectivity index (χ0) is 13.8. The SMILES string of the molecule is C=Cc1cc(C)cc(CCc2ccc(C)c(C)c2)c1. The van der Waals surface area contributed by atoms with Crippen molar-refractivity contribution >= 4 is 6.08 Å². The number of aryl methyl sites for hydroxylation is 5. The maximum atomic E-state index is 3.85. The van der Waals surface area contributed by atoms with Gasteiger partial charge >= 0.3 is 0 Å². The van der Waals surface area contributed by atoms with E-state index in [9.17, 15) is 0 Å². The summed E-state index contributed by atoms with van der Waals surface area (Å²) in [6.07, 6.45) is 4.11. The molecule has 0 amide bonds. The van der Waals surface area contributed by atoms with Crippen molar-refractivity contribution in [3.8, 4) is 0 Å². The van der Waals surface area contributed by atoms with Crippen LogP contribution in [0.2, 0.25) is 0 Å². The minimum Gasteiger partial charge on any atom is -0.0985 e. The van der Waals surface area contributed by atoms with Gasteiger partial charge in [-0.2, -0.15) is 0 Å². The van der Waals surface area contributed by atoms with Crippen molar-refractivity contribution in [2.24, 2.45) is 0 Å². The normalized spacial score (nSPS) is 10.5. The van der Waals surface area contributed by atoms with E-state index in [-0.39, 0.29) is 0 Å². The average molecular weight is 250 g/mol. The number of hydrogen-bond donors (Lipinski definition) is 0. The molecule has 0 aromatic heterocycles. The van der Waals surface area contributed by atoms with Gasteiger partial charge in [0.1, 0.15) is 0 Å².